The third-order valence-corrected chi connectivity index (χ3v) is 6.94. The van der Waals surface area contributed by atoms with Crippen LogP contribution in [0.15, 0.2) is 30.6 Å². The van der Waals surface area contributed by atoms with Gasteiger partial charge in [0.1, 0.15) is 5.88 Å². The molecule has 2 nitrogen and oxygen atoms in total. The van der Waals surface area contributed by atoms with Gasteiger partial charge < -0.3 is 12.4 Å². The van der Waals surface area contributed by atoms with Gasteiger partial charge in [-0.3, -0.25) is 0 Å². The molecule has 1 aromatic carbocycles. The zero-order valence-corrected chi connectivity index (χ0v) is 21.2. The number of nitrogens with zero attached hydrogens (tertiary/aromatic N) is 2. The molecule has 0 N–H and O–H groups in total. The molecule has 0 fully saturated rings. The Balaban J connectivity index is 0.00000450. The van der Waals surface area contributed by atoms with Crippen LogP contribution in [0, 0.1) is 0 Å². The minimum absolute atomic E-state index is 0. The molecule has 0 aliphatic carbocycles. The third kappa shape index (κ3) is 10.6. The first-order chi connectivity index (χ1) is 14.4. The number of halogens is 1. The van der Waals surface area contributed by atoms with E-state index in [2.05, 4.69) is 65.3 Å². The van der Waals surface area contributed by atoms with Crippen molar-refractivity contribution >= 4 is 22.8 Å². The highest BCUT2D eigenvalue weighted by Gasteiger charge is 2.14. The Morgan fingerprint density at radius 2 is 1.30 bits per heavy atom. The maximum absolute atomic E-state index is 2.44. The van der Waals surface area contributed by atoms with Gasteiger partial charge in [-0.05, 0) is 30.7 Å². The van der Waals surface area contributed by atoms with Crippen molar-refractivity contribution < 1.29 is 17.0 Å². The van der Waals surface area contributed by atoms with Gasteiger partial charge in [-0.25, -0.2) is 9.13 Å². The summed E-state index contributed by atoms with van der Waals surface area (Å²) in [6.45, 7) is 5.70. The van der Waals surface area contributed by atoms with Crippen molar-refractivity contribution in [2.24, 2.45) is 0 Å². The number of benzene rings is 1. The van der Waals surface area contributed by atoms with Gasteiger partial charge >= 0.3 is 0 Å². The van der Waals surface area contributed by atoms with Crippen molar-refractivity contribution in [2.75, 3.05) is 5.75 Å². The number of aromatic nitrogens is 2. The van der Waals surface area contributed by atoms with Crippen molar-refractivity contribution in [3.8, 4) is 0 Å². The number of rotatable bonds is 18. The Bertz CT molecular complexity index is 656. The highest BCUT2D eigenvalue weighted by molar-refractivity contribution is 7.98. The first kappa shape index (κ1) is 27.4. The summed E-state index contributed by atoms with van der Waals surface area (Å²) in [5, 5.41) is 0. The lowest BCUT2D eigenvalue weighted by Gasteiger charge is -2.03. The number of thioether (sulfide) groups is 1. The fraction of sp³-hybridized carbons (Fsp3) is 0.731. The molecule has 30 heavy (non-hydrogen) atoms. The maximum Gasteiger partial charge on any atom is 0.245 e. The number of hydrogen-bond donors (Lipinski definition) is 0. The summed E-state index contributed by atoms with van der Waals surface area (Å²) in [5.74, 6) is 2.37. The average molecular weight is 453 g/mol. The zero-order chi connectivity index (χ0) is 20.6. The number of fused-ring (bicyclic) bond motifs is 1. The Morgan fingerprint density at radius 3 is 1.93 bits per heavy atom. The Kier molecular flexibility index (Phi) is 16.4. The molecule has 0 radical (unpaired) electrons. The lowest BCUT2D eigenvalue weighted by Crippen LogP contribution is -3.00. The fourth-order valence-corrected chi connectivity index (χ4v) is 5.00. The summed E-state index contributed by atoms with van der Waals surface area (Å²) >= 11 is 2.09. The normalized spacial score (nSPS) is 11.1. The lowest BCUT2D eigenvalue weighted by atomic mass is 10.1. The molecule has 0 atom stereocenters. The largest absolute Gasteiger partial charge is 1.00 e. The molecular formula is C26H45ClN2S. The molecule has 0 saturated heterocycles. The summed E-state index contributed by atoms with van der Waals surface area (Å²) in [7, 11) is 0. The van der Waals surface area contributed by atoms with E-state index in [1.165, 1.54) is 107 Å². The van der Waals surface area contributed by atoms with Crippen LogP contribution in [0.4, 0.5) is 0 Å². The Morgan fingerprint density at radius 1 is 0.733 bits per heavy atom. The van der Waals surface area contributed by atoms with Gasteiger partial charge in [-0.2, -0.15) is 0 Å². The van der Waals surface area contributed by atoms with Crippen LogP contribution in [0.5, 0.6) is 0 Å². The summed E-state index contributed by atoms with van der Waals surface area (Å²) in [4.78, 5) is 0. The van der Waals surface area contributed by atoms with Gasteiger partial charge in [0.25, 0.3) is 0 Å². The van der Waals surface area contributed by atoms with E-state index >= 15 is 0 Å². The van der Waals surface area contributed by atoms with Crippen molar-refractivity contribution in [3.05, 3.63) is 30.6 Å². The molecule has 4 heteroatoms. The second-order valence-corrected chi connectivity index (χ2v) is 9.62. The smallest absolute Gasteiger partial charge is 0.245 e. The van der Waals surface area contributed by atoms with Gasteiger partial charge in [0.05, 0.1) is 6.54 Å². The van der Waals surface area contributed by atoms with Crippen molar-refractivity contribution in [1.82, 2.24) is 4.57 Å². The molecule has 1 aromatic heterocycles. The predicted octanol–water partition coefficient (Wildman–Crippen LogP) is 5.12. The Labute approximate surface area is 196 Å². The van der Waals surface area contributed by atoms with Crippen LogP contribution in [-0.2, 0) is 12.4 Å². The van der Waals surface area contributed by atoms with Crippen molar-refractivity contribution in [3.63, 3.8) is 0 Å². The number of unbranched alkanes of at least 4 members (excludes halogenated alkanes) is 12. The van der Waals surface area contributed by atoms with Crippen molar-refractivity contribution in [1.29, 1.82) is 0 Å². The summed E-state index contributed by atoms with van der Waals surface area (Å²) in [6.07, 6.45) is 22.0. The fourth-order valence-electron chi connectivity index (χ4n) is 4.06. The summed E-state index contributed by atoms with van der Waals surface area (Å²) in [5.41, 5.74) is 2.76. The SMILES string of the molecule is CCCCCCCCCCCCCCSC[n+]1cn(CCCC)c2ccccc21.[Cl-]. The molecule has 0 bridgehead atoms. The molecule has 0 aliphatic rings. The van der Waals surface area contributed by atoms with E-state index in [9.17, 15) is 0 Å². The molecule has 0 unspecified atom stereocenters. The van der Waals surface area contributed by atoms with Crippen LogP contribution < -0.4 is 17.0 Å². The van der Waals surface area contributed by atoms with Crippen LogP contribution in [-0.4, -0.2) is 10.3 Å². The molecule has 172 valence electrons. The molecular weight excluding hydrogens is 408 g/mol. The molecule has 1 heterocycles. The highest BCUT2D eigenvalue weighted by Crippen LogP contribution is 2.15. The number of aryl methyl sites for hydroxylation is 1. The minimum Gasteiger partial charge on any atom is -1.00 e. The Hall–Kier alpha value is -0.670. The van der Waals surface area contributed by atoms with Gasteiger partial charge in [0.2, 0.25) is 6.33 Å². The number of hydrogen-bond acceptors (Lipinski definition) is 1. The van der Waals surface area contributed by atoms with E-state index in [4.69, 9.17) is 0 Å². The van der Waals surface area contributed by atoms with Crippen LogP contribution >= 0.6 is 11.8 Å². The minimum atomic E-state index is 0. The molecule has 0 aliphatic heterocycles. The first-order valence-electron chi connectivity index (χ1n) is 12.4. The first-order valence-corrected chi connectivity index (χ1v) is 13.6. The van der Waals surface area contributed by atoms with Crippen LogP contribution in [0.2, 0.25) is 0 Å². The van der Waals surface area contributed by atoms with Gasteiger partial charge in [0, 0.05) is 0 Å². The average Bonchev–Trinajstić information content (AvgIpc) is 3.10. The van der Waals surface area contributed by atoms with Crippen molar-refractivity contribution in [2.45, 2.75) is 116 Å². The third-order valence-electron chi connectivity index (χ3n) is 5.90. The molecule has 0 spiro atoms. The van der Waals surface area contributed by atoms with Crippen LogP contribution in [0.1, 0.15) is 104 Å². The van der Waals surface area contributed by atoms with Crippen LogP contribution in [0.25, 0.3) is 11.0 Å². The predicted molar refractivity (Wildman–Crippen MR) is 131 cm³/mol. The lowest BCUT2D eigenvalue weighted by molar-refractivity contribution is -0.650. The molecule has 0 amide bonds. The molecule has 0 saturated carbocycles. The van der Waals surface area contributed by atoms with Gasteiger partial charge in [-0.15, -0.1) is 11.8 Å². The molecule has 2 aromatic rings. The highest BCUT2D eigenvalue weighted by atomic mass is 35.5. The van der Waals surface area contributed by atoms with Gasteiger partial charge in [0.15, 0.2) is 11.0 Å². The van der Waals surface area contributed by atoms with E-state index < -0.39 is 0 Å². The van der Waals surface area contributed by atoms with Crippen LogP contribution in [0.3, 0.4) is 0 Å². The molecule has 2 rings (SSSR count). The maximum atomic E-state index is 2.44. The van der Waals surface area contributed by atoms with E-state index in [0.29, 0.717) is 0 Å². The summed E-state index contributed by atoms with van der Waals surface area (Å²) in [6, 6.07) is 8.85. The zero-order valence-electron chi connectivity index (χ0n) is 19.6. The number of para-hydroxylation sites is 2. The van der Waals surface area contributed by atoms with Gasteiger partial charge in [-0.1, -0.05) is 103 Å². The van der Waals surface area contributed by atoms with E-state index in [1.54, 1.807) is 0 Å². The number of imidazole rings is 1. The van der Waals surface area contributed by atoms with E-state index in [-0.39, 0.29) is 12.4 Å². The van der Waals surface area contributed by atoms with E-state index in [1.807, 2.05) is 0 Å². The second kappa shape index (κ2) is 18.0. The quantitative estimate of drug-likeness (QED) is 0.225. The second-order valence-electron chi connectivity index (χ2n) is 8.55. The monoisotopic (exact) mass is 452 g/mol. The van der Waals surface area contributed by atoms with E-state index in [0.717, 1.165) is 12.4 Å². The topological polar surface area (TPSA) is 8.81 Å². The summed E-state index contributed by atoms with van der Waals surface area (Å²) < 4.78 is 4.87. The standard InChI is InChI=1S/C26H45N2S.ClH/c1-3-5-7-8-9-10-11-12-13-14-15-18-22-29-24-28-23-27(21-6-4-2)25-19-16-17-20-26(25)28;/h16-17,19-20,23H,3-15,18,21-22,24H2,1-2H3;1H/q+1;/p-1.